The molecule has 0 radical (unpaired) electrons. The van der Waals surface area contributed by atoms with E-state index >= 15 is 0 Å². The van der Waals surface area contributed by atoms with Gasteiger partial charge in [-0.3, -0.25) is 10.6 Å². The number of H-pyrrole nitrogens is 2. The van der Waals surface area contributed by atoms with Crippen LogP contribution in [0, 0.1) is 5.82 Å². The molecule has 0 atom stereocenters. The highest BCUT2D eigenvalue weighted by molar-refractivity contribution is 7.89. The van der Waals surface area contributed by atoms with Crippen LogP contribution in [0.3, 0.4) is 0 Å². The highest BCUT2D eigenvalue weighted by Gasteiger charge is 2.23. The lowest BCUT2D eigenvalue weighted by Crippen LogP contribution is -2.11. The highest BCUT2D eigenvalue weighted by Crippen LogP contribution is 2.32. The van der Waals surface area contributed by atoms with Crippen LogP contribution in [-0.2, 0) is 29.7 Å². The number of halogens is 1. The third-order valence-corrected chi connectivity index (χ3v) is 10.8. The van der Waals surface area contributed by atoms with Gasteiger partial charge >= 0.3 is 32.4 Å². The van der Waals surface area contributed by atoms with Gasteiger partial charge in [0.2, 0.25) is 11.9 Å². The number of methoxy groups -OCH3 is 2. The Morgan fingerprint density at radius 3 is 1.85 bits per heavy atom. The van der Waals surface area contributed by atoms with Crippen molar-refractivity contribution in [2.24, 2.45) is 0 Å². The van der Waals surface area contributed by atoms with Crippen LogP contribution in [0.1, 0.15) is 0 Å². The number of carbonyl (C=O) groups excluding carboxylic acids is 2. The fourth-order valence-electron chi connectivity index (χ4n) is 4.41. The summed E-state index contributed by atoms with van der Waals surface area (Å²) in [4.78, 5) is 36.3. The molecule has 0 bridgehead atoms. The van der Waals surface area contributed by atoms with Crippen LogP contribution >= 0.6 is 11.3 Å². The van der Waals surface area contributed by atoms with E-state index in [0.29, 0.717) is 32.6 Å². The Labute approximate surface area is 302 Å². The number of aromatic amines is 2. The molecule has 22 heteroatoms. The summed E-state index contributed by atoms with van der Waals surface area (Å²) in [5.41, 5.74) is 2.40. The van der Waals surface area contributed by atoms with Crippen molar-refractivity contribution in [3.63, 3.8) is 0 Å². The van der Waals surface area contributed by atoms with Crippen LogP contribution in [0.25, 0.3) is 32.6 Å². The van der Waals surface area contributed by atoms with Crippen molar-refractivity contribution < 1.29 is 53.2 Å². The number of ether oxygens (including phenoxy) is 2. The van der Waals surface area contributed by atoms with E-state index in [2.05, 4.69) is 45.2 Å². The standard InChI is InChI=1S/C16H12N4O6S2.C15H12FN3O5S/c1-24-16(21)19-15-17-10-3-2-9(8-12(10)18-15)26-28(22,23)14-5-4-13(27-14)11-6-7-25-20-11;1-23-15(20)19-14-17-11-7-6-9(8-12(11)18-14)24-25(21,22)13-5-3-2-4-10(13)16/h2-8H,1H3,(H2,17,18,19,21);2-8H,1H3,(H2,17,18,19,20). The Hall–Kier alpha value is -6.52. The zero-order valence-corrected chi connectivity index (χ0v) is 29.5. The number of nitrogens with zero attached hydrogens (tertiary/aromatic N) is 3. The number of carbonyl (C=O) groups is 2. The molecule has 0 aliphatic rings. The van der Waals surface area contributed by atoms with Crippen LogP contribution in [0.4, 0.5) is 25.9 Å². The summed E-state index contributed by atoms with van der Waals surface area (Å²) in [6.45, 7) is 0. The molecule has 3 aromatic carbocycles. The average Bonchev–Trinajstić information content (AvgIpc) is 3.94. The van der Waals surface area contributed by atoms with Gasteiger partial charge in [-0.05, 0) is 48.5 Å². The third-order valence-electron chi connectivity index (χ3n) is 6.75. The van der Waals surface area contributed by atoms with E-state index in [1.165, 1.54) is 69.0 Å². The second kappa shape index (κ2) is 15.0. The molecule has 53 heavy (non-hydrogen) atoms. The fourth-order valence-corrected chi connectivity index (χ4v) is 7.56. The molecule has 7 aromatic rings. The van der Waals surface area contributed by atoms with Gasteiger partial charge < -0.3 is 32.3 Å². The first-order chi connectivity index (χ1) is 25.3. The summed E-state index contributed by atoms with van der Waals surface area (Å²) in [7, 11) is -5.92. The number of imidazole rings is 2. The highest BCUT2D eigenvalue weighted by atomic mass is 32.3. The SMILES string of the molecule is COC(=O)Nc1nc2ccc(OS(=O)(=O)c3ccc(-c4ccon4)s3)cc2[nH]1.COC(=O)Nc1nc2ccc(OS(=O)(=O)c3ccccc3F)cc2[nH]1. The van der Waals surface area contributed by atoms with Gasteiger partial charge in [-0.2, -0.15) is 16.8 Å². The Kier molecular flexibility index (Phi) is 10.3. The summed E-state index contributed by atoms with van der Waals surface area (Å²) >= 11 is 1.02. The molecular weight excluding hydrogens is 762 g/mol. The molecule has 0 aliphatic carbocycles. The third kappa shape index (κ3) is 8.52. The lowest BCUT2D eigenvalue weighted by Gasteiger charge is -2.07. The van der Waals surface area contributed by atoms with Gasteiger partial charge in [-0.25, -0.2) is 23.9 Å². The number of anilines is 2. The number of nitrogens with one attached hydrogen (secondary N) is 4. The van der Waals surface area contributed by atoms with Gasteiger partial charge in [0.25, 0.3) is 0 Å². The number of amides is 2. The average molecular weight is 786 g/mol. The van der Waals surface area contributed by atoms with E-state index in [-0.39, 0.29) is 27.6 Å². The maximum atomic E-state index is 13.7. The molecule has 4 heterocycles. The Bertz CT molecular complexity index is 2660. The largest absolute Gasteiger partial charge is 0.453 e. The molecule has 18 nitrogen and oxygen atoms in total. The number of fused-ring (bicyclic) bond motifs is 2. The van der Waals surface area contributed by atoms with Crippen LogP contribution in [0.5, 0.6) is 11.5 Å². The first kappa shape index (κ1) is 36.3. The van der Waals surface area contributed by atoms with E-state index < -0.39 is 43.1 Å². The van der Waals surface area contributed by atoms with Gasteiger partial charge in [0.1, 0.15) is 34.2 Å². The molecule has 4 N–H and O–H groups in total. The molecule has 7 rings (SSSR count). The summed E-state index contributed by atoms with van der Waals surface area (Å²) in [6, 6.07) is 18.3. The van der Waals surface area contributed by atoms with Crippen molar-refractivity contribution >= 4 is 77.7 Å². The molecule has 274 valence electrons. The topological polar surface area (TPSA) is 247 Å². The number of benzene rings is 3. The summed E-state index contributed by atoms with van der Waals surface area (Å²) < 4.78 is 87.1. The predicted molar refractivity (Wildman–Crippen MR) is 186 cm³/mol. The quantitative estimate of drug-likeness (QED) is 0.125. The molecule has 0 spiro atoms. The summed E-state index contributed by atoms with van der Waals surface area (Å²) in [5.74, 6) is -0.566. The Morgan fingerprint density at radius 1 is 0.755 bits per heavy atom. The number of thiophene rings is 1. The van der Waals surface area contributed by atoms with E-state index in [0.717, 1.165) is 23.5 Å². The number of hydrogen-bond donors (Lipinski definition) is 4. The Morgan fingerprint density at radius 2 is 1.32 bits per heavy atom. The van der Waals surface area contributed by atoms with Crippen LogP contribution in [-0.4, -0.2) is 68.3 Å². The molecule has 2 amide bonds. The second-order valence-electron chi connectivity index (χ2n) is 10.3. The maximum absolute atomic E-state index is 13.7. The van der Waals surface area contributed by atoms with Crippen molar-refractivity contribution in [2.75, 3.05) is 24.9 Å². The molecule has 0 saturated carbocycles. The first-order valence-corrected chi connectivity index (χ1v) is 18.3. The number of rotatable bonds is 9. The zero-order chi connectivity index (χ0) is 37.8. The molecule has 0 unspecified atom stereocenters. The van der Waals surface area contributed by atoms with E-state index in [4.69, 9.17) is 12.9 Å². The van der Waals surface area contributed by atoms with E-state index in [1.54, 1.807) is 18.2 Å². The normalized spacial score (nSPS) is 11.4. The summed E-state index contributed by atoms with van der Waals surface area (Å²) in [6.07, 6.45) is 0.0132. The predicted octanol–water partition coefficient (Wildman–Crippen LogP) is 5.87. The lowest BCUT2D eigenvalue weighted by molar-refractivity contribution is 0.186. The van der Waals surface area contributed by atoms with E-state index in [1.807, 2.05) is 0 Å². The molecule has 0 saturated heterocycles. The van der Waals surface area contributed by atoms with Crippen LogP contribution < -0.4 is 19.0 Å². The maximum Gasteiger partial charge on any atom is 0.413 e. The smallest absolute Gasteiger partial charge is 0.413 e. The minimum Gasteiger partial charge on any atom is -0.453 e. The van der Waals surface area contributed by atoms with Crippen molar-refractivity contribution in [3.8, 4) is 22.1 Å². The lowest BCUT2D eigenvalue weighted by atomic mass is 10.3. The minimum absolute atomic E-state index is 0.0308. The molecule has 0 fully saturated rings. The minimum atomic E-state index is -4.33. The van der Waals surface area contributed by atoms with Crippen molar-refractivity contribution in [1.29, 1.82) is 0 Å². The van der Waals surface area contributed by atoms with Gasteiger partial charge in [0.05, 0.1) is 41.2 Å². The number of hydrogen-bond acceptors (Lipinski definition) is 15. The number of aromatic nitrogens is 5. The van der Waals surface area contributed by atoms with Crippen molar-refractivity contribution in [2.45, 2.75) is 9.10 Å². The van der Waals surface area contributed by atoms with Crippen molar-refractivity contribution in [1.82, 2.24) is 25.1 Å². The molecule has 0 aliphatic heterocycles. The van der Waals surface area contributed by atoms with Gasteiger partial charge in [-0.15, -0.1) is 11.3 Å². The zero-order valence-electron chi connectivity index (χ0n) is 27.0. The van der Waals surface area contributed by atoms with Crippen LogP contribution in [0.15, 0.2) is 98.8 Å². The Balaban J connectivity index is 0.000000183. The molecule has 4 aromatic heterocycles. The van der Waals surface area contributed by atoms with Gasteiger partial charge in [-0.1, -0.05) is 17.3 Å². The van der Waals surface area contributed by atoms with Crippen molar-refractivity contribution in [3.05, 3.63) is 90.9 Å². The fraction of sp³-hybridized carbons (Fsp3) is 0.0645. The summed E-state index contributed by atoms with van der Waals surface area (Å²) in [5, 5.41) is 8.52. The van der Waals surface area contributed by atoms with Gasteiger partial charge in [0, 0.05) is 18.2 Å². The monoisotopic (exact) mass is 785 g/mol. The van der Waals surface area contributed by atoms with Gasteiger partial charge in [0.15, 0.2) is 4.21 Å². The van der Waals surface area contributed by atoms with E-state index in [9.17, 15) is 30.8 Å². The molecular formula is C31H24FN7O11S3. The first-order valence-electron chi connectivity index (χ1n) is 14.7. The van der Waals surface area contributed by atoms with Crippen LogP contribution in [0.2, 0.25) is 0 Å². The second-order valence-corrected chi connectivity index (χ2v) is 14.6.